The van der Waals surface area contributed by atoms with E-state index in [4.69, 9.17) is 4.74 Å². The molecule has 1 aromatic heterocycles. The number of nitrogens with zero attached hydrogens (tertiary/aromatic N) is 3. The molecule has 3 rings (SSSR count). The second-order valence-electron chi connectivity index (χ2n) is 5.83. The molecule has 0 aliphatic carbocycles. The number of rotatable bonds is 3. The van der Waals surface area contributed by atoms with E-state index in [1.807, 2.05) is 0 Å². The van der Waals surface area contributed by atoms with E-state index in [2.05, 4.69) is 9.88 Å². The van der Waals surface area contributed by atoms with Crippen LogP contribution in [0.15, 0.2) is 24.5 Å². The van der Waals surface area contributed by atoms with Gasteiger partial charge < -0.3 is 14.7 Å². The maximum Gasteiger partial charge on any atom is 0.255 e. The Bertz CT molecular complexity index is 490. The molecule has 21 heavy (non-hydrogen) atoms. The smallest absolute Gasteiger partial charge is 0.255 e. The fourth-order valence-electron chi connectivity index (χ4n) is 3.01. The topological polar surface area (TPSA) is 65.9 Å². The Balaban J connectivity index is 1.60. The fourth-order valence-corrected chi connectivity index (χ4v) is 3.01. The van der Waals surface area contributed by atoms with E-state index in [1.54, 1.807) is 29.4 Å². The summed E-state index contributed by atoms with van der Waals surface area (Å²) in [7, 11) is 0. The van der Waals surface area contributed by atoms with E-state index in [-0.39, 0.29) is 5.91 Å². The second-order valence-corrected chi connectivity index (χ2v) is 5.83. The van der Waals surface area contributed by atoms with Crippen molar-refractivity contribution in [3.8, 4) is 0 Å². The van der Waals surface area contributed by atoms with Crippen LogP contribution in [0.4, 0.5) is 0 Å². The van der Waals surface area contributed by atoms with Crippen molar-refractivity contribution in [2.45, 2.75) is 12.0 Å². The van der Waals surface area contributed by atoms with Crippen LogP contribution < -0.4 is 0 Å². The Labute approximate surface area is 124 Å². The highest BCUT2D eigenvalue weighted by Gasteiger charge is 2.39. The van der Waals surface area contributed by atoms with Gasteiger partial charge in [-0.05, 0) is 18.6 Å². The van der Waals surface area contributed by atoms with Gasteiger partial charge in [-0.15, -0.1) is 0 Å². The molecule has 3 heterocycles. The van der Waals surface area contributed by atoms with E-state index in [0.29, 0.717) is 44.8 Å². The lowest BCUT2D eigenvalue weighted by atomic mass is 10.0. The summed E-state index contributed by atoms with van der Waals surface area (Å²) in [6.07, 6.45) is 3.84. The van der Waals surface area contributed by atoms with Gasteiger partial charge in [-0.1, -0.05) is 0 Å². The van der Waals surface area contributed by atoms with Gasteiger partial charge in [0.1, 0.15) is 0 Å². The summed E-state index contributed by atoms with van der Waals surface area (Å²) < 4.78 is 5.32. The van der Waals surface area contributed by atoms with Gasteiger partial charge >= 0.3 is 0 Å². The molecule has 6 heteroatoms. The molecule has 1 N–H and O–H groups in total. The highest BCUT2D eigenvalue weighted by molar-refractivity contribution is 5.94. The SMILES string of the molecule is O=C(c1cccnc1)N1CC[C@](O)(CN2CCOCC2)C1. The first kappa shape index (κ1) is 14.4. The fraction of sp³-hybridized carbons (Fsp3) is 0.600. The molecule has 0 spiro atoms. The molecule has 0 saturated carbocycles. The first-order chi connectivity index (χ1) is 10.2. The van der Waals surface area contributed by atoms with Crippen LogP contribution in [0.2, 0.25) is 0 Å². The number of aliphatic hydroxyl groups is 1. The van der Waals surface area contributed by atoms with Crippen molar-refractivity contribution in [1.82, 2.24) is 14.8 Å². The third kappa shape index (κ3) is 3.40. The molecule has 0 unspecified atom stereocenters. The molecule has 0 radical (unpaired) electrons. The molecule has 2 aliphatic rings. The minimum atomic E-state index is -0.810. The molecule has 1 aromatic rings. The second kappa shape index (κ2) is 6.09. The van der Waals surface area contributed by atoms with Crippen molar-refractivity contribution in [2.24, 2.45) is 0 Å². The van der Waals surface area contributed by atoms with E-state index in [9.17, 15) is 9.90 Å². The molecule has 6 nitrogen and oxygen atoms in total. The number of likely N-dealkylation sites (tertiary alicyclic amines) is 1. The predicted octanol–water partition coefficient (Wildman–Crippen LogP) is -0.00920. The average molecular weight is 291 g/mol. The summed E-state index contributed by atoms with van der Waals surface area (Å²) in [5, 5.41) is 10.7. The Hall–Kier alpha value is -1.50. The Morgan fingerprint density at radius 1 is 1.38 bits per heavy atom. The summed E-state index contributed by atoms with van der Waals surface area (Å²) >= 11 is 0. The average Bonchev–Trinajstić information content (AvgIpc) is 2.90. The summed E-state index contributed by atoms with van der Waals surface area (Å²) in [5.74, 6) is -0.0546. The largest absolute Gasteiger partial charge is 0.387 e. The molecule has 114 valence electrons. The maximum absolute atomic E-state index is 12.4. The summed E-state index contributed by atoms with van der Waals surface area (Å²) in [4.78, 5) is 20.3. The Morgan fingerprint density at radius 3 is 2.90 bits per heavy atom. The molecule has 2 aliphatic heterocycles. The highest BCUT2D eigenvalue weighted by Crippen LogP contribution is 2.24. The number of hydrogen-bond acceptors (Lipinski definition) is 5. The molecule has 2 saturated heterocycles. The van der Waals surface area contributed by atoms with E-state index >= 15 is 0 Å². The van der Waals surface area contributed by atoms with Gasteiger partial charge in [0.15, 0.2) is 0 Å². The number of ether oxygens (including phenoxy) is 1. The standard InChI is InChI=1S/C15H21N3O3/c19-14(13-2-1-4-16-10-13)18-5-3-15(20,12-18)11-17-6-8-21-9-7-17/h1-2,4,10,20H,3,5-9,11-12H2/t15-/m0/s1. The minimum absolute atomic E-state index is 0.0546. The van der Waals surface area contributed by atoms with Crippen LogP contribution >= 0.6 is 0 Å². The normalized spacial score (nSPS) is 27.0. The lowest BCUT2D eigenvalue weighted by Crippen LogP contribution is -2.49. The summed E-state index contributed by atoms with van der Waals surface area (Å²) in [5.41, 5.74) is -0.233. The van der Waals surface area contributed by atoms with Gasteiger partial charge in [-0.2, -0.15) is 0 Å². The number of morpholine rings is 1. The number of aromatic nitrogens is 1. The van der Waals surface area contributed by atoms with Crippen LogP contribution in [0.25, 0.3) is 0 Å². The van der Waals surface area contributed by atoms with Gasteiger partial charge in [-0.3, -0.25) is 14.7 Å². The zero-order valence-corrected chi connectivity index (χ0v) is 12.1. The molecular weight excluding hydrogens is 270 g/mol. The first-order valence-corrected chi connectivity index (χ1v) is 7.38. The molecular formula is C15H21N3O3. The molecule has 2 fully saturated rings. The van der Waals surface area contributed by atoms with Gasteiger partial charge in [0, 0.05) is 38.6 Å². The molecule has 1 amide bonds. The number of β-amino-alcohol motifs (C(OH)–C–C–N with tert-alkyl or cyclic N) is 1. The van der Waals surface area contributed by atoms with Crippen molar-refractivity contribution in [3.05, 3.63) is 30.1 Å². The van der Waals surface area contributed by atoms with Crippen LogP contribution in [-0.4, -0.2) is 77.3 Å². The van der Waals surface area contributed by atoms with E-state index in [1.165, 1.54) is 0 Å². The minimum Gasteiger partial charge on any atom is -0.387 e. The van der Waals surface area contributed by atoms with Crippen molar-refractivity contribution in [1.29, 1.82) is 0 Å². The maximum atomic E-state index is 12.4. The Kier molecular flexibility index (Phi) is 4.19. The monoisotopic (exact) mass is 291 g/mol. The molecule has 1 atom stereocenters. The van der Waals surface area contributed by atoms with Gasteiger partial charge in [-0.25, -0.2) is 0 Å². The first-order valence-electron chi connectivity index (χ1n) is 7.38. The molecule has 0 bridgehead atoms. The van der Waals surface area contributed by atoms with Crippen LogP contribution in [-0.2, 0) is 4.74 Å². The number of pyridine rings is 1. The highest BCUT2D eigenvalue weighted by atomic mass is 16.5. The van der Waals surface area contributed by atoms with Gasteiger partial charge in [0.2, 0.25) is 0 Å². The van der Waals surface area contributed by atoms with Crippen molar-refractivity contribution in [3.63, 3.8) is 0 Å². The van der Waals surface area contributed by atoms with Gasteiger partial charge in [0.25, 0.3) is 5.91 Å². The van der Waals surface area contributed by atoms with Crippen LogP contribution in [0, 0.1) is 0 Å². The van der Waals surface area contributed by atoms with Crippen molar-refractivity contribution >= 4 is 5.91 Å². The lowest BCUT2D eigenvalue weighted by Gasteiger charge is -2.33. The van der Waals surface area contributed by atoms with Crippen LogP contribution in [0.1, 0.15) is 16.8 Å². The van der Waals surface area contributed by atoms with Gasteiger partial charge in [0.05, 0.1) is 30.9 Å². The van der Waals surface area contributed by atoms with Crippen LogP contribution in [0.5, 0.6) is 0 Å². The Morgan fingerprint density at radius 2 is 2.19 bits per heavy atom. The van der Waals surface area contributed by atoms with E-state index < -0.39 is 5.60 Å². The number of amides is 1. The third-order valence-corrected chi connectivity index (χ3v) is 4.15. The van der Waals surface area contributed by atoms with Crippen LogP contribution in [0.3, 0.4) is 0 Å². The number of hydrogen-bond donors (Lipinski definition) is 1. The van der Waals surface area contributed by atoms with Crippen molar-refractivity contribution < 1.29 is 14.6 Å². The molecule has 0 aromatic carbocycles. The third-order valence-electron chi connectivity index (χ3n) is 4.15. The lowest BCUT2D eigenvalue weighted by molar-refractivity contribution is -0.0257. The predicted molar refractivity (Wildman–Crippen MR) is 77.0 cm³/mol. The zero-order valence-electron chi connectivity index (χ0n) is 12.1. The number of carbonyl (C=O) groups is 1. The van der Waals surface area contributed by atoms with E-state index in [0.717, 1.165) is 13.1 Å². The zero-order chi connectivity index (χ0) is 14.7. The summed E-state index contributed by atoms with van der Waals surface area (Å²) in [6.45, 7) is 4.71. The van der Waals surface area contributed by atoms with Crippen molar-refractivity contribution in [2.75, 3.05) is 45.9 Å². The summed E-state index contributed by atoms with van der Waals surface area (Å²) in [6, 6.07) is 3.51. The number of carbonyl (C=O) groups excluding carboxylic acids is 1. The quantitative estimate of drug-likeness (QED) is 0.848.